The lowest BCUT2D eigenvalue weighted by atomic mass is 9.97. The first kappa shape index (κ1) is 19.0. The van der Waals surface area contributed by atoms with Gasteiger partial charge in [0.05, 0.1) is 0 Å². The molecule has 0 aromatic heterocycles. The molecule has 3 rings (SSSR count). The van der Waals surface area contributed by atoms with Crippen molar-refractivity contribution in [1.29, 1.82) is 0 Å². The fourth-order valence-corrected chi connectivity index (χ4v) is 3.22. The van der Waals surface area contributed by atoms with E-state index >= 15 is 0 Å². The second-order valence-corrected chi connectivity index (χ2v) is 6.36. The molecule has 27 heavy (non-hydrogen) atoms. The van der Waals surface area contributed by atoms with E-state index < -0.39 is 12.4 Å². The van der Waals surface area contributed by atoms with Gasteiger partial charge in [0.25, 0.3) is 0 Å². The molecule has 0 bridgehead atoms. The van der Waals surface area contributed by atoms with Crippen molar-refractivity contribution < 1.29 is 17.9 Å². The molecule has 0 fully saturated rings. The van der Waals surface area contributed by atoms with Crippen LogP contribution in [0.4, 0.5) is 13.2 Å². The van der Waals surface area contributed by atoms with Crippen LogP contribution < -0.4 is 4.74 Å². The van der Waals surface area contributed by atoms with Crippen molar-refractivity contribution in [1.82, 2.24) is 0 Å². The third-order valence-electron chi connectivity index (χ3n) is 4.63. The Bertz CT molecular complexity index is 946. The lowest BCUT2D eigenvalue weighted by Gasteiger charge is -2.14. The number of alkyl halides is 2. The quantitative estimate of drug-likeness (QED) is 0.410. The molecular formula is C23H21F3O. The van der Waals surface area contributed by atoms with Gasteiger partial charge in [-0.05, 0) is 53.5 Å². The number of rotatable bonds is 7. The van der Waals surface area contributed by atoms with Crippen molar-refractivity contribution in [2.24, 2.45) is 0 Å². The maximum atomic E-state index is 14.8. The SMILES string of the molecule is C=CCCc1ccc(-c2ccc3c(F)c(CC)c(OC(F)F)cc3c2)cc1. The second-order valence-electron chi connectivity index (χ2n) is 6.36. The van der Waals surface area contributed by atoms with Crippen molar-refractivity contribution in [3.05, 3.63) is 78.1 Å². The van der Waals surface area contributed by atoms with Crippen LogP contribution in [0.15, 0.2) is 61.2 Å². The zero-order valence-corrected chi connectivity index (χ0v) is 15.1. The monoisotopic (exact) mass is 370 g/mol. The topological polar surface area (TPSA) is 9.23 Å². The normalized spacial score (nSPS) is 11.1. The van der Waals surface area contributed by atoms with Gasteiger partial charge in [0, 0.05) is 10.9 Å². The highest BCUT2D eigenvalue weighted by molar-refractivity contribution is 5.90. The molecule has 4 heteroatoms. The van der Waals surface area contributed by atoms with Crippen LogP contribution in [0.1, 0.15) is 24.5 Å². The van der Waals surface area contributed by atoms with Gasteiger partial charge in [0.15, 0.2) is 0 Å². The van der Waals surface area contributed by atoms with E-state index in [-0.39, 0.29) is 17.7 Å². The lowest BCUT2D eigenvalue weighted by molar-refractivity contribution is -0.0504. The minimum absolute atomic E-state index is 0.102. The standard InChI is InChI=1S/C23H21F3O/c1-3-5-6-15-7-9-16(10-8-15)17-11-12-20-18(13-17)14-21(27-23(25)26)19(4-2)22(20)24/h3,7-14,23H,1,4-6H2,2H3. The molecule has 0 aliphatic heterocycles. The number of aryl methyl sites for hydroxylation is 1. The van der Waals surface area contributed by atoms with E-state index in [4.69, 9.17) is 0 Å². The van der Waals surface area contributed by atoms with E-state index in [0.29, 0.717) is 10.8 Å². The predicted molar refractivity (Wildman–Crippen MR) is 104 cm³/mol. The summed E-state index contributed by atoms with van der Waals surface area (Å²) in [7, 11) is 0. The number of benzene rings is 3. The number of hydrogen-bond donors (Lipinski definition) is 0. The van der Waals surface area contributed by atoms with Gasteiger partial charge in [-0.1, -0.05) is 49.4 Å². The molecule has 0 radical (unpaired) electrons. The number of allylic oxidation sites excluding steroid dienone is 1. The molecule has 0 unspecified atom stereocenters. The van der Waals surface area contributed by atoms with Crippen LogP contribution in [-0.2, 0) is 12.8 Å². The molecule has 0 atom stereocenters. The van der Waals surface area contributed by atoms with E-state index in [1.54, 1.807) is 19.1 Å². The van der Waals surface area contributed by atoms with Gasteiger partial charge >= 0.3 is 6.61 Å². The average molecular weight is 370 g/mol. The highest BCUT2D eigenvalue weighted by Crippen LogP contribution is 2.34. The number of halogens is 3. The largest absolute Gasteiger partial charge is 0.434 e. The Labute approximate surface area is 157 Å². The summed E-state index contributed by atoms with van der Waals surface area (Å²) in [4.78, 5) is 0. The van der Waals surface area contributed by atoms with Gasteiger partial charge in [-0.15, -0.1) is 6.58 Å². The molecule has 0 spiro atoms. The van der Waals surface area contributed by atoms with Crippen LogP contribution in [0, 0.1) is 5.82 Å². The Morgan fingerprint density at radius 1 is 1.04 bits per heavy atom. The third-order valence-corrected chi connectivity index (χ3v) is 4.63. The van der Waals surface area contributed by atoms with Crippen LogP contribution in [-0.4, -0.2) is 6.61 Å². The Kier molecular flexibility index (Phi) is 5.84. The smallest absolute Gasteiger partial charge is 0.387 e. The summed E-state index contributed by atoms with van der Waals surface area (Å²) in [5.41, 5.74) is 3.26. The zero-order chi connectivity index (χ0) is 19.4. The summed E-state index contributed by atoms with van der Waals surface area (Å²) in [5.74, 6) is -0.605. The van der Waals surface area contributed by atoms with Crippen molar-refractivity contribution in [2.45, 2.75) is 32.8 Å². The predicted octanol–water partition coefficient (Wildman–Crippen LogP) is 6.93. The molecule has 0 heterocycles. The molecule has 0 N–H and O–H groups in total. The minimum atomic E-state index is -2.99. The molecule has 3 aromatic rings. The van der Waals surface area contributed by atoms with Crippen molar-refractivity contribution >= 4 is 10.8 Å². The first-order valence-electron chi connectivity index (χ1n) is 8.93. The van der Waals surface area contributed by atoms with Gasteiger partial charge in [-0.2, -0.15) is 8.78 Å². The van der Waals surface area contributed by atoms with Crippen molar-refractivity contribution in [3.63, 3.8) is 0 Å². The molecule has 0 aliphatic rings. The highest BCUT2D eigenvalue weighted by Gasteiger charge is 2.16. The molecule has 0 aliphatic carbocycles. The minimum Gasteiger partial charge on any atom is -0.434 e. The Morgan fingerprint density at radius 2 is 1.74 bits per heavy atom. The maximum Gasteiger partial charge on any atom is 0.387 e. The molecule has 0 amide bonds. The molecule has 3 aromatic carbocycles. The molecular weight excluding hydrogens is 349 g/mol. The number of ether oxygens (including phenoxy) is 1. The first-order chi connectivity index (χ1) is 13.0. The lowest BCUT2D eigenvalue weighted by Crippen LogP contribution is -2.06. The van der Waals surface area contributed by atoms with Crippen LogP contribution >= 0.6 is 0 Å². The van der Waals surface area contributed by atoms with Crippen LogP contribution in [0.2, 0.25) is 0 Å². The first-order valence-corrected chi connectivity index (χ1v) is 8.93. The molecule has 140 valence electrons. The summed E-state index contributed by atoms with van der Waals surface area (Å²) < 4.78 is 44.7. The Hall–Kier alpha value is -2.75. The van der Waals surface area contributed by atoms with E-state index in [2.05, 4.69) is 23.4 Å². The molecule has 0 saturated carbocycles. The fourth-order valence-electron chi connectivity index (χ4n) is 3.22. The van der Waals surface area contributed by atoms with Gasteiger partial charge in [0.2, 0.25) is 0 Å². The van der Waals surface area contributed by atoms with Crippen LogP contribution in [0.5, 0.6) is 5.75 Å². The zero-order valence-electron chi connectivity index (χ0n) is 15.1. The van der Waals surface area contributed by atoms with Gasteiger partial charge < -0.3 is 4.74 Å². The maximum absolute atomic E-state index is 14.8. The number of hydrogen-bond acceptors (Lipinski definition) is 1. The fraction of sp³-hybridized carbons (Fsp3) is 0.217. The van der Waals surface area contributed by atoms with E-state index in [1.807, 2.05) is 24.3 Å². The summed E-state index contributed by atoms with van der Waals surface area (Å²) >= 11 is 0. The summed E-state index contributed by atoms with van der Waals surface area (Å²) in [6.07, 6.45) is 4.01. The van der Waals surface area contributed by atoms with Crippen molar-refractivity contribution in [3.8, 4) is 16.9 Å². The second kappa shape index (κ2) is 8.30. The molecule has 0 saturated heterocycles. The summed E-state index contributed by atoms with van der Waals surface area (Å²) in [6, 6.07) is 14.9. The number of fused-ring (bicyclic) bond motifs is 1. The Morgan fingerprint density at radius 3 is 2.37 bits per heavy atom. The van der Waals surface area contributed by atoms with E-state index in [0.717, 1.165) is 24.0 Å². The van der Waals surface area contributed by atoms with Gasteiger partial charge in [0.1, 0.15) is 11.6 Å². The van der Waals surface area contributed by atoms with Crippen molar-refractivity contribution in [2.75, 3.05) is 0 Å². The average Bonchev–Trinajstić information content (AvgIpc) is 2.66. The third kappa shape index (κ3) is 4.16. The van der Waals surface area contributed by atoms with Crippen LogP contribution in [0.3, 0.4) is 0 Å². The van der Waals surface area contributed by atoms with Crippen LogP contribution in [0.25, 0.3) is 21.9 Å². The Balaban J connectivity index is 2.02. The molecule has 1 nitrogen and oxygen atoms in total. The van der Waals surface area contributed by atoms with Gasteiger partial charge in [-0.3, -0.25) is 0 Å². The van der Waals surface area contributed by atoms with E-state index in [1.165, 1.54) is 11.6 Å². The van der Waals surface area contributed by atoms with Gasteiger partial charge in [-0.25, -0.2) is 4.39 Å². The van der Waals surface area contributed by atoms with E-state index in [9.17, 15) is 13.2 Å². The highest BCUT2D eigenvalue weighted by atomic mass is 19.3. The summed E-state index contributed by atoms with van der Waals surface area (Å²) in [6.45, 7) is 2.45. The summed E-state index contributed by atoms with van der Waals surface area (Å²) in [5, 5.41) is 0.938.